The monoisotopic (exact) mass is 258 g/mol. The molecule has 0 spiro atoms. The van der Waals surface area contributed by atoms with Crippen LogP contribution in [0, 0.1) is 0 Å². The summed E-state index contributed by atoms with van der Waals surface area (Å²) in [5.74, 6) is 0.879. The zero-order valence-corrected chi connectivity index (χ0v) is 11.0. The molecule has 19 heavy (non-hydrogen) atoms. The van der Waals surface area contributed by atoms with Crippen LogP contribution in [0.15, 0.2) is 30.5 Å². The second-order valence-corrected chi connectivity index (χ2v) is 4.72. The molecule has 1 aromatic carbocycles. The van der Waals surface area contributed by atoms with E-state index in [4.69, 9.17) is 4.74 Å². The first-order chi connectivity index (χ1) is 9.36. The van der Waals surface area contributed by atoms with E-state index in [2.05, 4.69) is 15.6 Å². The second kappa shape index (κ2) is 5.40. The third-order valence-corrected chi connectivity index (χ3v) is 3.16. The summed E-state index contributed by atoms with van der Waals surface area (Å²) in [6.07, 6.45) is 4.38. The van der Waals surface area contributed by atoms with Gasteiger partial charge >= 0.3 is 0 Å². The third-order valence-electron chi connectivity index (χ3n) is 3.16. The Labute approximate surface area is 112 Å². The summed E-state index contributed by atoms with van der Waals surface area (Å²) in [6, 6.07) is 8.60. The van der Waals surface area contributed by atoms with Gasteiger partial charge in [0.15, 0.2) is 0 Å². The van der Waals surface area contributed by atoms with Gasteiger partial charge in [0.2, 0.25) is 0 Å². The Bertz CT molecular complexity index is 531. The Balaban J connectivity index is 1.74. The van der Waals surface area contributed by atoms with Crippen LogP contribution >= 0.6 is 0 Å². The van der Waals surface area contributed by atoms with Crippen molar-refractivity contribution in [2.45, 2.75) is 32.4 Å². The summed E-state index contributed by atoms with van der Waals surface area (Å²) in [7, 11) is 0. The summed E-state index contributed by atoms with van der Waals surface area (Å²) in [5, 5.41) is 11.6. The molecule has 0 amide bonds. The number of nitrogens with zero attached hydrogens (tertiary/aromatic N) is 3. The van der Waals surface area contributed by atoms with Gasteiger partial charge in [-0.05, 0) is 44.0 Å². The molecule has 1 aliphatic rings. The molecule has 0 unspecified atom stereocenters. The van der Waals surface area contributed by atoms with E-state index in [1.54, 1.807) is 0 Å². The highest BCUT2D eigenvalue weighted by molar-refractivity contribution is 5.37. The van der Waals surface area contributed by atoms with Crippen molar-refractivity contribution in [1.29, 1.82) is 0 Å². The van der Waals surface area contributed by atoms with Crippen molar-refractivity contribution in [3.05, 3.63) is 36.2 Å². The maximum Gasteiger partial charge on any atom is 0.119 e. The highest BCUT2D eigenvalue weighted by atomic mass is 16.5. The van der Waals surface area contributed by atoms with Gasteiger partial charge in [0.1, 0.15) is 5.75 Å². The van der Waals surface area contributed by atoms with Gasteiger partial charge in [0, 0.05) is 12.6 Å². The SMILES string of the molecule is CCOc1ccc(-n2nncc2CNC2CC2)cc1. The fraction of sp³-hybridized carbons (Fsp3) is 0.429. The van der Waals surface area contributed by atoms with Gasteiger partial charge in [-0.3, -0.25) is 0 Å². The normalized spacial score (nSPS) is 14.6. The van der Waals surface area contributed by atoms with Crippen LogP contribution in [0.4, 0.5) is 0 Å². The summed E-state index contributed by atoms with van der Waals surface area (Å²) in [6.45, 7) is 3.47. The first-order valence-corrected chi connectivity index (χ1v) is 6.73. The molecule has 0 saturated heterocycles. The highest BCUT2D eigenvalue weighted by Gasteiger charge is 2.20. The lowest BCUT2D eigenvalue weighted by Gasteiger charge is -2.08. The van der Waals surface area contributed by atoms with Crippen molar-refractivity contribution in [1.82, 2.24) is 20.3 Å². The molecule has 5 heteroatoms. The predicted octanol–water partition coefficient (Wildman–Crippen LogP) is 1.92. The van der Waals surface area contributed by atoms with Crippen LogP contribution in [-0.4, -0.2) is 27.6 Å². The van der Waals surface area contributed by atoms with E-state index in [0.29, 0.717) is 12.6 Å². The average molecular weight is 258 g/mol. The molecule has 0 atom stereocenters. The van der Waals surface area contributed by atoms with Gasteiger partial charge in [0.25, 0.3) is 0 Å². The second-order valence-electron chi connectivity index (χ2n) is 4.72. The van der Waals surface area contributed by atoms with Crippen LogP contribution in [0.2, 0.25) is 0 Å². The minimum Gasteiger partial charge on any atom is -0.494 e. The van der Waals surface area contributed by atoms with Crippen LogP contribution in [-0.2, 0) is 6.54 Å². The molecule has 0 aliphatic heterocycles. The molecule has 1 N–H and O–H groups in total. The minimum atomic E-state index is 0.680. The van der Waals surface area contributed by atoms with Gasteiger partial charge in [-0.15, -0.1) is 5.10 Å². The lowest BCUT2D eigenvalue weighted by molar-refractivity contribution is 0.340. The zero-order chi connectivity index (χ0) is 13.1. The Morgan fingerprint density at radius 3 is 2.79 bits per heavy atom. The maximum absolute atomic E-state index is 5.44. The fourth-order valence-corrected chi connectivity index (χ4v) is 1.98. The maximum atomic E-state index is 5.44. The largest absolute Gasteiger partial charge is 0.494 e. The third kappa shape index (κ3) is 2.93. The number of rotatable bonds is 6. The average Bonchev–Trinajstić information content (AvgIpc) is 3.15. The molecule has 1 heterocycles. The first kappa shape index (κ1) is 12.2. The molecule has 0 bridgehead atoms. The summed E-state index contributed by atoms with van der Waals surface area (Å²) < 4.78 is 7.30. The number of hydrogen-bond donors (Lipinski definition) is 1. The van der Waals surface area contributed by atoms with E-state index >= 15 is 0 Å². The molecule has 100 valence electrons. The molecule has 2 aromatic rings. The van der Waals surface area contributed by atoms with E-state index in [0.717, 1.165) is 23.7 Å². The van der Waals surface area contributed by atoms with Crippen molar-refractivity contribution < 1.29 is 4.74 Å². The Hall–Kier alpha value is -1.88. The van der Waals surface area contributed by atoms with Crippen LogP contribution in [0.3, 0.4) is 0 Å². The molecule has 0 radical (unpaired) electrons. The molecular weight excluding hydrogens is 240 g/mol. The Kier molecular flexibility index (Phi) is 3.46. The van der Waals surface area contributed by atoms with Crippen LogP contribution < -0.4 is 10.1 Å². The molecule has 1 fully saturated rings. The molecule has 3 rings (SSSR count). The van der Waals surface area contributed by atoms with Gasteiger partial charge in [-0.25, -0.2) is 4.68 Å². The lowest BCUT2D eigenvalue weighted by atomic mass is 10.3. The molecule has 5 nitrogen and oxygen atoms in total. The van der Waals surface area contributed by atoms with Crippen LogP contribution in [0.5, 0.6) is 5.75 Å². The first-order valence-electron chi connectivity index (χ1n) is 6.73. The van der Waals surface area contributed by atoms with Crippen molar-refractivity contribution in [3.8, 4) is 11.4 Å². The number of benzene rings is 1. The van der Waals surface area contributed by atoms with Crippen molar-refractivity contribution in [2.75, 3.05) is 6.61 Å². The Morgan fingerprint density at radius 1 is 1.32 bits per heavy atom. The zero-order valence-electron chi connectivity index (χ0n) is 11.0. The van der Waals surface area contributed by atoms with Gasteiger partial charge in [0.05, 0.1) is 24.2 Å². The highest BCUT2D eigenvalue weighted by Crippen LogP contribution is 2.20. The lowest BCUT2D eigenvalue weighted by Crippen LogP contribution is -2.18. The van der Waals surface area contributed by atoms with E-state index in [-0.39, 0.29) is 0 Å². The molecular formula is C14H18N4O. The van der Waals surface area contributed by atoms with Gasteiger partial charge in [-0.1, -0.05) is 5.21 Å². The smallest absolute Gasteiger partial charge is 0.119 e. The van der Waals surface area contributed by atoms with Gasteiger partial charge < -0.3 is 10.1 Å². The fourth-order valence-electron chi connectivity index (χ4n) is 1.98. The van der Waals surface area contributed by atoms with Crippen molar-refractivity contribution >= 4 is 0 Å². The van der Waals surface area contributed by atoms with E-state index in [9.17, 15) is 0 Å². The summed E-state index contributed by atoms with van der Waals surface area (Å²) in [5.41, 5.74) is 2.09. The quantitative estimate of drug-likeness (QED) is 0.860. The van der Waals surface area contributed by atoms with Crippen LogP contribution in [0.25, 0.3) is 5.69 Å². The Morgan fingerprint density at radius 2 is 2.11 bits per heavy atom. The number of aromatic nitrogens is 3. The molecule has 1 aliphatic carbocycles. The van der Waals surface area contributed by atoms with Gasteiger partial charge in [-0.2, -0.15) is 0 Å². The summed E-state index contributed by atoms with van der Waals surface area (Å²) >= 11 is 0. The number of hydrogen-bond acceptors (Lipinski definition) is 4. The van der Waals surface area contributed by atoms with Crippen molar-refractivity contribution in [2.24, 2.45) is 0 Å². The van der Waals surface area contributed by atoms with E-state index in [1.165, 1.54) is 12.8 Å². The summed E-state index contributed by atoms with van der Waals surface area (Å²) in [4.78, 5) is 0. The predicted molar refractivity (Wildman–Crippen MR) is 72.4 cm³/mol. The standard InChI is InChI=1S/C14H18N4O/c1-2-19-14-7-5-12(6-8-14)18-13(10-16-17-18)9-15-11-3-4-11/h5-8,10-11,15H,2-4,9H2,1H3. The number of nitrogens with one attached hydrogen (secondary N) is 1. The number of ether oxygens (including phenoxy) is 1. The topological polar surface area (TPSA) is 52.0 Å². The van der Waals surface area contributed by atoms with E-state index in [1.807, 2.05) is 42.1 Å². The minimum absolute atomic E-state index is 0.680. The molecule has 1 aromatic heterocycles. The van der Waals surface area contributed by atoms with Crippen LogP contribution in [0.1, 0.15) is 25.5 Å². The van der Waals surface area contributed by atoms with E-state index < -0.39 is 0 Å². The molecule has 1 saturated carbocycles. The van der Waals surface area contributed by atoms with Crippen molar-refractivity contribution in [3.63, 3.8) is 0 Å².